The number of esters is 2. The van der Waals surface area contributed by atoms with E-state index in [9.17, 15) is 40.2 Å². The van der Waals surface area contributed by atoms with Crippen LogP contribution in [-0.4, -0.2) is 107 Å². The standard InChI is InChI=1S/C14H26O14/c1-7(15)27-10(18)11(19,24-4)13(21,25-5)14(22,26-6)12(20,9(17)23-3)28-8(2)16/h9-10,17-22H,1-6H3. The second-order valence-electron chi connectivity index (χ2n) is 5.44. The van der Waals surface area contributed by atoms with Gasteiger partial charge in [-0.1, -0.05) is 0 Å². The van der Waals surface area contributed by atoms with Crippen molar-refractivity contribution in [2.24, 2.45) is 0 Å². The first kappa shape index (κ1) is 26.5. The van der Waals surface area contributed by atoms with Crippen LogP contribution >= 0.6 is 0 Å². The van der Waals surface area contributed by atoms with Gasteiger partial charge in [-0.25, -0.2) is 0 Å². The molecular formula is C14H26O14. The van der Waals surface area contributed by atoms with E-state index < -0.39 is 47.7 Å². The fourth-order valence-corrected chi connectivity index (χ4v) is 2.36. The van der Waals surface area contributed by atoms with Gasteiger partial charge in [-0.15, -0.1) is 0 Å². The summed E-state index contributed by atoms with van der Waals surface area (Å²) in [6.07, 6.45) is -5.38. The summed E-state index contributed by atoms with van der Waals surface area (Å²) in [4.78, 5) is 22.5. The molecule has 0 aliphatic heterocycles. The lowest BCUT2D eigenvalue weighted by Crippen LogP contribution is -2.83. The number of hydrogen-bond donors (Lipinski definition) is 6. The molecule has 28 heavy (non-hydrogen) atoms. The second kappa shape index (κ2) is 9.36. The van der Waals surface area contributed by atoms with E-state index in [0.717, 1.165) is 21.0 Å². The monoisotopic (exact) mass is 418 g/mol. The Morgan fingerprint density at radius 1 is 0.714 bits per heavy atom. The molecule has 0 amide bonds. The minimum absolute atomic E-state index is 0.620. The molecule has 0 fully saturated rings. The largest absolute Gasteiger partial charge is 0.430 e. The van der Waals surface area contributed by atoms with Crippen LogP contribution < -0.4 is 0 Å². The van der Waals surface area contributed by atoms with Crippen LogP contribution in [0.15, 0.2) is 0 Å². The number of carbonyl (C=O) groups is 2. The number of carbonyl (C=O) groups excluding carboxylic acids is 2. The summed E-state index contributed by atoms with van der Waals surface area (Å²) >= 11 is 0. The molecular weight excluding hydrogens is 392 g/mol. The van der Waals surface area contributed by atoms with Crippen LogP contribution in [0.25, 0.3) is 0 Å². The van der Waals surface area contributed by atoms with Crippen LogP contribution in [0, 0.1) is 0 Å². The summed E-state index contributed by atoms with van der Waals surface area (Å²) in [6.45, 7) is 1.56. The first-order chi connectivity index (χ1) is 12.7. The lowest BCUT2D eigenvalue weighted by atomic mass is 9.87. The van der Waals surface area contributed by atoms with Gasteiger partial charge in [0.05, 0.1) is 0 Å². The summed E-state index contributed by atoms with van der Waals surface area (Å²) in [6, 6.07) is 0. The normalized spacial score (nSPS) is 22.6. The SMILES string of the molecule is COC(O)C(O)(OC(C)=O)C(O)(OC)C(O)(OC)C(O)(OC)C(O)OC(C)=O. The Hall–Kier alpha value is -1.46. The zero-order valence-electron chi connectivity index (χ0n) is 16.1. The highest BCUT2D eigenvalue weighted by Gasteiger charge is 2.79. The van der Waals surface area contributed by atoms with Crippen LogP contribution in [-0.2, 0) is 38.0 Å². The van der Waals surface area contributed by atoms with Gasteiger partial charge in [-0.2, -0.15) is 0 Å². The topological polar surface area (TPSA) is 211 Å². The number of rotatable bonds is 11. The van der Waals surface area contributed by atoms with Gasteiger partial charge in [0.1, 0.15) is 0 Å². The van der Waals surface area contributed by atoms with E-state index in [1.807, 2.05) is 0 Å². The lowest BCUT2D eigenvalue weighted by Gasteiger charge is -2.53. The van der Waals surface area contributed by atoms with Crippen molar-refractivity contribution >= 4 is 11.9 Å². The zero-order chi connectivity index (χ0) is 22.6. The van der Waals surface area contributed by atoms with Gasteiger partial charge >= 0.3 is 17.7 Å². The molecule has 0 aromatic rings. The highest BCUT2D eigenvalue weighted by Crippen LogP contribution is 2.45. The molecule has 0 rings (SSSR count). The fraction of sp³-hybridized carbons (Fsp3) is 0.857. The van der Waals surface area contributed by atoms with Crippen molar-refractivity contribution in [3.63, 3.8) is 0 Å². The fourth-order valence-electron chi connectivity index (χ4n) is 2.36. The second-order valence-corrected chi connectivity index (χ2v) is 5.44. The number of aliphatic hydroxyl groups excluding tert-OH is 2. The van der Waals surface area contributed by atoms with Gasteiger partial charge < -0.3 is 59.1 Å². The lowest BCUT2D eigenvalue weighted by molar-refractivity contribution is -0.544. The van der Waals surface area contributed by atoms with Gasteiger partial charge in [0, 0.05) is 42.3 Å². The van der Waals surface area contributed by atoms with Crippen molar-refractivity contribution in [3.05, 3.63) is 0 Å². The summed E-state index contributed by atoms with van der Waals surface area (Å²) in [5.74, 6) is -17.5. The third-order valence-corrected chi connectivity index (χ3v) is 3.80. The molecule has 0 radical (unpaired) electrons. The predicted octanol–water partition coefficient (Wildman–Crippen LogP) is -3.91. The van der Waals surface area contributed by atoms with E-state index in [1.54, 1.807) is 0 Å². The summed E-state index contributed by atoms with van der Waals surface area (Å²) in [5.41, 5.74) is 0. The Bertz CT molecular complexity index is 556. The molecule has 0 heterocycles. The first-order valence-corrected chi connectivity index (χ1v) is 7.48. The molecule has 14 heteroatoms. The van der Waals surface area contributed by atoms with E-state index in [2.05, 4.69) is 28.4 Å². The molecule has 6 N–H and O–H groups in total. The van der Waals surface area contributed by atoms with Gasteiger partial charge in [-0.05, 0) is 0 Å². The average molecular weight is 418 g/mol. The van der Waals surface area contributed by atoms with E-state index in [-0.39, 0.29) is 0 Å². The van der Waals surface area contributed by atoms with Crippen LogP contribution in [0.5, 0.6) is 0 Å². The predicted molar refractivity (Wildman–Crippen MR) is 83.4 cm³/mol. The molecule has 0 saturated heterocycles. The van der Waals surface area contributed by atoms with E-state index >= 15 is 0 Å². The van der Waals surface area contributed by atoms with Gasteiger partial charge in [-0.3, -0.25) is 9.59 Å². The van der Waals surface area contributed by atoms with Crippen molar-refractivity contribution in [2.45, 2.75) is 49.6 Å². The van der Waals surface area contributed by atoms with E-state index in [4.69, 9.17) is 0 Å². The number of ether oxygens (including phenoxy) is 6. The number of hydrogen-bond acceptors (Lipinski definition) is 14. The van der Waals surface area contributed by atoms with Gasteiger partial charge in [0.25, 0.3) is 23.7 Å². The minimum Gasteiger partial charge on any atom is -0.430 e. The number of methoxy groups -OCH3 is 4. The van der Waals surface area contributed by atoms with Gasteiger partial charge in [0.15, 0.2) is 0 Å². The average Bonchev–Trinajstić information content (AvgIpc) is 2.63. The van der Waals surface area contributed by atoms with Gasteiger partial charge in [0.2, 0.25) is 6.29 Å². The van der Waals surface area contributed by atoms with E-state index in [1.165, 1.54) is 0 Å². The Morgan fingerprint density at radius 2 is 1.14 bits per heavy atom. The van der Waals surface area contributed by atoms with Crippen molar-refractivity contribution in [1.29, 1.82) is 0 Å². The number of aliphatic hydroxyl groups is 6. The Morgan fingerprint density at radius 3 is 1.43 bits per heavy atom. The third kappa shape index (κ3) is 4.11. The van der Waals surface area contributed by atoms with Crippen LogP contribution in [0.1, 0.15) is 13.8 Å². The van der Waals surface area contributed by atoms with E-state index in [0.29, 0.717) is 21.3 Å². The molecule has 0 bridgehead atoms. The summed E-state index contributed by atoms with van der Waals surface area (Å²) in [5, 5.41) is 63.0. The maximum Gasteiger partial charge on any atom is 0.322 e. The molecule has 0 aliphatic rings. The third-order valence-electron chi connectivity index (χ3n) is 3.80. The first-order valence-electron chi connectivity index (χ1n) is 7.48. The minimum atomic E-state index is -3.85. The maximum atomic E-state index is 11.4. The highest BCUT2D eigenvalue weighted by atomic mass is 16.8. The van der Waals surface area contributed by atoms with Crippen molar-refractivity contribution in [2.75, 3.05) is 28.4 Å². The van der Waals surface area contributed by atoms with Crippen LogP contribution in [0.4, 0.5) is 0 Å². The van der Waals surface area contributed by atoms with Crippen LogP contribution in [0.3, 0.4) is 0 Å². The van der Waals surface area contributed by atoms with Crippen molar-refractivity contribution in [3.8, 4) is 0 Å². The molecule has 0 aromatic heterocycles. The smallest absolute Gasteiger partial charge is 0.322 e. The molecule has 0 saturated carbocycles. The zero-order valence-corrected chi connectivity index (χ0v) is 16.1. The molecule has 0 aromatic carbocycles. The maximum absolute atomic E-state index is 11.4. The molecule has 166 valence electrons. The Labute approximate surface area is 159 Å². The van der Waals surface area contributed by atoms with Crippen molar-refractivity contribution < 1.29 is 68.6 Å². The Kier molecular flexibility index (Phi) is 8.87. The molecule has 0 spiro atoms. The highest BCUT2D eigenvalue weighted by molar-refractivity contribution is 5.66. The molecule has 6 atom stereocenters. The molecule has 6 unspecified atom stereocenters. The molecule has 0 aliphatic carbocycles. The molecule has 14 nitrogen and oxygen atoms in total. The summed E-state index contributed by atoms with van der Waals surface area (Å²) in [7, 11) is 2.72. The quantitative estimate of drug-likeness (QED) is 0.140. The Balaban J connectivity index is 6.83. The van der Waals surface area contributed by atoms with Crippen LogP contribution in [0.2, 0.25) is 0 Å². The summed E-state index contributed by atoms with van der Waals surface area (Å²) < 4.78 is 27.0. The van der Waals surface area contributed by atoms with Crippen molar-refractivity contribution in [1.82, 2.24) is 0 Å².